The number of hydrogen-bond acceptors (Lipinski definition) is 7. The molecule has 0 aliphatic carbocycles. The number of anilines is 1. The van der Waals surface area contributed by atoms with Crippen molar-refractivity contribution in [3.05, 3.63) is 63.7 Å². The number of aryl methyl sites for hydroxylation is 3. The average Bonchev–Trinajstić information content (AvgIpc) is 3.30. The van der Waals surface area contributed by atoms with Gasteiger partial charge < -0.3 is 9.84 Å². The second kappa shape index (κ2) is 12.6. The molecule has 0 unspecified atom stereocenters. The molecule has 2 heterocycles. The van der Waals surface area contributed by atoms with Crippen molar-refractivity contribution < 1.29 is 58.9 Å². The van der Waals surface area contributed by atoms with Crippen molar-refractivity contribution in [3.63, 3.8) is 0 Å². The second-order valence-electron chi connectivity index (χ2n) is 12.0. The number of aromatic nitrogens is 4. The van der Waals surface area contributed by atoms with Gasteiger partial charge >= 0.3 is 36.5 Å². The number of hydrogen-bond donors (Lipinski definition) is 1. The van der Waals surface area contributed by atoms with Crippen LogP contribution < -0.4 is 9.60 Å². The van der Waals surface area contributed by atoms with Gasteiger partial charge in [0, 0.05) is 18.1 Å². The number of carbonyl (C=O) groups is 2. The molecule has 1 atom stereocenters. The third-order valence-corrected chi connectivity index (χ3v) is 7.87. The van der Waals surface area contributed by atoms with E-state index in [-0.39, 0.29) is 35.7 Å². The highest BCUT2D eigenvalue weighted by Gasteiger charge is 2.54. The first kappa shape index (κ1) is 36.4. The van der Waals surface area contributed by atoms with E-state index < -0.39 is 88.5 Å². The summed E-state index contributed by atoms with van der Waals surface area (Å²) in [6.45, 7) is 1.38. The van der Waals surface area contributed by atoms with Crippen LogP contribution in [0.3, 0.4) is 0 Å². The predicted molar refractivity (Wildman–Crippen MR) is 150 cm³/mol. The SMILES string of the molecule is Cc1cc2c(cc1C(F)(F)F)[N@@+](C(=O)OCC(C)(C)C(=O)O)(N(Cc1cc(C(F)(F)F)cc(C(F)(F)F)c1)c1nnn(C)n1)CCCC2. The van der Waals surface area contributed by atoms with Crippen molar-refractivity contribution in [1.82, 2.24) is 24.8 Å². The third-order valence-electron chi connectivity index (χ3n) is 7.87. The largest absolute Gasteiger partial charge is 0.547 e. The molecule has 0 fully saturated rings. The van der Waals surface area contributed by atoms with Crippen LogP contribution in [0.2, 0.25) is 0 Å². The van der Waals surface area contributed by atoms with Crippen molar-refractivity contribution in [2.45, 2.75) is 65.1 Å². The normalized spacial score (nSPS) is 17.4. The van der Waals surface area contributed by atoms with Crippen molar-refractivity contribution in [1.29, 1.82) is 0 Å². The fourth-order valence-electron chi connectivity index (χ4n) is 5.34. The number of quaternary nitrogens is 1. The first-order valence-electron chi connectivity index (χ1n) is 14.3. The summed E-state index contributed by atoms with van der Waals surface area (Å²) in [4.78, 5) is 27.1. The molecule has 3 aromatic rings. The fourth-order valence-corrected chi connectivity index (χ4v) is 5.34. The van der Waals surface area contributed by atoms with Crippen molar-refractivity contribution in [2.24, 2.45) is 12.5 Å². The van der Waals surface area contributed by atoms with Crippen LogP contribution in [-0.4, -0.2) is 50.5 Å². The van der Waals surface area contributed by atoms with Crippen LogP contribution in [0.5, 0.6) is 0 Å². The van der Waals surface area contributed by atoms with Gasteiger partial charge in [-0.2, -0.15) is 54.1 Å². The number of rotatable bonds is 7. The summed E-state index contributed by atoms with van der Waals surface area (Å²) in [6, 6.07) is 2.59. The standard InChI is InChI=1S/C29H29F9N6O4/c1-16-9-18-7-5-6-8-44(22(18)13-21(16)29(36,37)38,25(47)48-15-26(2,3)23(45)46)43(24-39-41-42(4)40-24)14-17-10-19(27(30,31)32)12-20(11-17)28(33,34)35/h9-13H,5-8,14-15H2,1-4H3/p+1/t44-/m0/s1. The van der Waals surface area contributed by atoms with Crippen LogP contribution in [0, 0.1) is 12.3 Å². The quantitative estimate of drug-likeness (QED) is 0.206. The lowest BCUT2D eigenvalue weighted by Crippen LogP contribution is -2.67. The van der Waals surface area contributed by atoms with Gasteiger partial charge in [0.1, 0.15) is 13.2 Å². The highest BCUT2D eigenvalue weighted by molar-refractivity contribution is 5.87. The minimum Gasteiger partial charge on any atom is -0.481 e. The molecule has 0 saturated heterocycles. The fraction of sp³-hybridized carbons (Fsp3) is 0.483. The first-order valence-corrected chi connectivity index (χ1v) is 14.3. The summed E-state index contributed by atoms with van der Waals surface area (Å²) in [5.74, 6) is -1.95. The molecule has 10 nitrogen and oxygen atoms in total. The molecule has 1 amide bonds. The first-order chi connectivity index (χ1) is 22.0. The smallest absolute Gasteiger partial charge is 0.481 e. The van der Waals surface area contributed by atoms with Gasteiger partial charge in [0.15, 0.2) is 5.69 Å². The molecule has 1 aliphatic heterocycles. The third kappa shape index (κ3) is 7.34. The lowest BCUT2D eigenvalue weighted by molar-refractivity contribution is -0.149. The zero-order valence-corrected chi connectivity index (χ0v) is 25.9. The highest BCUT2D eigenvalue weighted by atomic mass is 19.4. The number of carbonyl (C=O) groups excluding carboxylic acids is 1. The molecular formula is C29H30F9N6O4+. The lowest BCUT2D eigenvalue weighted by atomic mass is 9.95. The number of ether oxygens (including phenoxy) is 1. The Kier molecular flexibility index (Phi) is 9.52. The molecule has 0 saturated carbocycles. The van der Waals surface area contributed by atoms with Gasteiger partial charge in [0.2, 0.25) is 0 Å². The number of benzene rings is 2. The summed E-state index contributed by atoms with van der Waals surface area (Å²) < 4.78 is 130. The van der Waals surface area contributed by atoms with Gasteiger partial charge in [-0.25, -0.2) is 0 Å². The maximum absolute atomic E-state index is 14.4. The number of fused-ring (bicyclic) bond motifs is 1. The van der Waals surface area contributed by atoms with Gasteiger partial charge in [0.05, 0.1) is 35.7 Å². The Hall–Kier alpha value is -4.42. The Bertz CT molecular complexity index is 1670. The number of carboxylic acids is 1. The van der Waals surface area contributed by atoms with Crippen LogP contribution in [0.25, 0.3) is 0 Å². The van der Waals surface area contributed by atoms with Crippen LogP contribution in [0.15, 0.2) is 30.3 Å². The van der Waals surface area contributed by atoms with E-state index in [4.69, 9.17) is 4.74 Å². The molecule has 1 N–H and O–H groups in total. The van der Waals surface area contributed by atoms with E-state index in [2.05, 4.69) is 15.4 Å². The van der Waals surface area contributed by atoms with E-state index in [9.17, 15) is 54.2 Å². The Balaban J connectivity index is 2.07. The van der Waals surface area contributed by atoms with Crippen molar-refractivity contribution in [3.8, 4) is 0 Å². The molecule has 262 valence electrons. The van der Waals surface area contributed by atoms with E-state index in [0.29, 0.717) is 24.6 Å². The van der Waals surface area contributed by atoms with E-state index in [0.717, 1.165) is 9.81 Å². The van der Waals surface area contributed by atoms with Gasteiger partial charge in [-0.15, -0.1) is 5.10 Å². The summed E-state index contributed by atoms with van der Waals surface area (Å²) >= 11 is 0. The number of carboxylic acid groups (broad SMARTS) is 1. The van der Waals surface area contributed by atoms with Crippen LogP contribution in [0.1, 0.15) is 60.1 Å². The molecule has 0 spiro atoms. The lowest BCUT2D eigenvalue weighted by Gasteiger charge is -2.41. The molecule has 2 aromatic carbocycles. The van der Waals surface area contributed by atoms with Gasteiger partial charge in [-0.3, -0.25) is 4.79 Å². The molecular weight excluding hydrogens is 667 g/mol. The summed E-state index contributed by atoms with van der Waals surface area (Å²) in [5.41, 5.74) is -7.27. The highest BCUT2D eigenvalue weighted by Crippen LogP contribution is 2.44. The predicted octanol–water partition coefficient (Wildman–Crippen LogP) is 7.09. The van der Waals surface area contributed by atoms with E-state index in [1.165, 1.54) is 33.9 Å². The zero-order valence-electron chi connectivity index (χ0n) is 25.9. The number of halogens is 9. The molecule has 4 rings (SSSR count). The summed E-state index contributed by atoms with van der Waals surface area (Å²) in [5, 5.41) is 21.9. The summed E-state index contributed by atoms with van der Waals surface area (Å²) in [7, 11) is 1.26. The molecule has 0 radical (unpaired) electrons. The van der Waals surface area contributed by atoms with Crippen LogP contribution in [0.4, 0.5) is 55.9 Å². The van der Waals surface area contributed by atoms with E-state index >= 15 is 0 Å². The Morgan fingerprint density at radius 1 is 0.938 bits per heavy atom. The minimum atomic E-state index is -5.24. The molecule has 1 aliphatic rings. The number of amides is 1. The van der Waals surface area contributed by atoms with E-state index in [1.807, 2.05) is 0 Å². The summed E-state index contributed by atoms with van der Waals surface area (Å²) in [6.07, 6.45) is -16.3. The Morgan fingerprint density at radius 3 is 2.04 bits per heavy atom. The number of tetrazole rings is 1. The minimum absolute atomic E-state index is 0.0830. The molecule has 19 heteroatoms. The topological polar surface area (TPSA) is 110 Å². The maximum atomic E-state index is 14.4. The maximum Gasteiger partial charge on any atom is 0.547 e. The van der Waals surface area contributed by atoms with Gasteiger partial charge in [-0.1, -0.05) is 9.69 Å². The van der Waals surface area contributed by atoms with Crippen molar-refractivity contribution in [2.75, 3.05) is 18.2 Å². The number of aliphatic carboxylic acids is 1. The molecule has 0 bridgehead atoms. The monoisotopic (exact) mass is 697 g/mol. The molecule has 48 heavy (non-hydrogen) atoms. The average molecular weight is 698 g/mol. The van der Waals surface area contributed by atoms with Gasteiger partial charge in [-0.05, 0) is 74.2 Å². The Labute approximate surface area is 267 Å². The van der Waals surface area contributed by atoms with Crippen LogP contribution >= 0.6 is 0 Å². The molecule has 1 aromatic heterocycles. The Morgan fingerprint density at radius 2 is 1.54 bits per heavy atom. The van der Waals surface area contributed by atoms with Crippen LogP contribution in [-0.2, 0) is 48.1 Å². The number of nitrogens with zero attached hydrogens (tertiary/aromatic N) is 6. The number of alkyl halides is 9. The van der Waals surface area contributed by atoms with E-state index in [1.54, 1.807) is 0 Å². The zero-order chi connectivity index (χ0) is 36.0. The second-order valence-corrected chi connectivity index (χ2v) is 12.0. The van der Waals surface area contributed by atoms with Gasteiger partial charge in [0.25, 0.3) is 0 Å². The van der Waals surface area contributed by atoms with Crippen molar-refractivity contribution >= 4 is 23.7 Å².